The van der Waals surface area contributed by atoms with Crippen LogP contribution in [0.3, 0.4) is 0 Å². The third kappa shape index (κ3) is 5.18. The summed E-state index contributed by atoms with van der Waals surface area (Å²) in [7, 11) is 0. The van der Waals surface area contributed by atoms with Crippen molar-refractivity contribution in [2.24, 2.45) is 0 Å². The van der Waals surface area contributed by atoms with Gasteiger partial charge in [0.25, 0.3) is 0 Å². The van der Waals surface area contributed by atoms with Gasteiger partial charge in [-0.15, -0.1) is 0 Å². The first kappa shape index (κ1) is 13.7. The van der Waals surface area contributed by atoms with Crippen molar-refractivity contribution >= 4 is 0 Å². The van der Waals surface area contributed by atoms with Gasteiger partial charge in [-0.3, -0.25) is 0 Å². The summed E-state index contributed by atoms with van der Waals surface area (Å²) in [6.07, 6.45) is -7.76. The minimum absolute atomic E-state index is 0.304. The predicted octanol–water partition coefficient (Wildman–Crippen LogP) is 3.83. The Balaban J connectivity index is 4.41. The molecule has 0 aromatic heterocycles. The Morgan fingerprint density at radius 2 is 1.20 bits per heavy atom. The van der Waals surface area contributed by atoms with Crippen molar-refractivity contribution in [3.8, 4) is 0 Å². The zero-order chi connectivity index (χ0) is 12.0. The van der Waals surface area contributed by atoms with E-state index >= 15 is 0 Å². The zero-order valence-electron chi connectivity index (χ0n) is 7.37. The Hall–Kier alpha value is -1.34. The summed E-state index contributed by atoms with van der Waals surface area (Å²) in [6.45, 7) is 1.23. The van der Waals surface area contributed by atoms with Gasteiger partial charge in [0.05, 0.1) is 0 Å². The Labute approximate surface area is 80.8 Å². The van der Waals surface area contributed by atoms with Crippen molar-refractivity contribution in [3.63, 3.8) is 0 Å². The van der Waals surface area contributed by atoms with Crippen LogP contribution in [0.2, 0.25) is 0 Å². The van der Waals surface area contributed by atoms with E-state index < -0.39 is 30.5 Å². The van der Waals surface area contributed by atoms with Crippen LogP contribution >= 0.6 is 0 Å². The summed E-state index contributed by atoms with van der Waals surface area (Å²) < 4.78 is 77.6. The van der Waals surface area contributed by atoms with Gasteiger partial charge in [0.2, 0.25) is 6.29 Å². The molecule has 0 fully saturated rings. The van der Waals surface area contributed by atoms with Gasteiger partial charge < -0.3 is 9.47 Å². The average Bonchev–Trinajstić information content (AvgIpc) is 2.15. The molecule has 0 aliphatic rings. The lowest BCUT2D eigenvalue weighted by atomic mass is 10.5. The van der Waals surface area contributed by atoms with Crippen molar-refractivity contribution in [1.29, 1.82) is 0 Å². The van der Waals surface area contributed by atoms with Gasteiger partial charge in [0.15, 0.2) is 0 Å². The van der Waals surface area contributed by atoms with Crippen molar-refractivity contribution in [1.82, 2.24) is 0 Å². The van der Waals surface area contributed by atoms with Crippen molar-refractivity contribution in [3.05, 3.63) is 24.2 Å². The largest absolute Gasteiger partial charge is 0.426 e. The zero-order valence-corrected chi connectivity index (χ0v) is 7.37. The molecular weight excluding hydrogens is 230 g/mol. The Bertz CT molecular complexity index is 241. The van der Waals surface area contributed by atoms with Crippen LogP contribution in [0.4, 0.5) is 26.3 Å². The molecule has 0 aliphatic carbocycles. The molecule has 0 amide bonds. The molecule has 0 rings (SSSR count). The fourth-order valence-electron chi connectivity index (χ4n) is 0.511. The molecule has 0 heterocycles. The minimum atomic E-state index is -2.79. The predicted molar refractivity (Wildman–Crippen MR) is 36.9 cm³/mol. The molecule has 0 atom stereocenters. The van der Waals surface area contributed by atoms with E-state index in [-0.39, 0.29) is 6.42 Å². The van der Waals surface area contributed by atoms with E-state index in [1.54, 1.807) is 0 Å². The molecule has 0 bridgehead atoms. The minimum Gasteiger partial charge on any atom is -0.426 e. The summed E-state index contributed by atoms with van der Waals surface area (Å²) in [5.74, 6) is 0. The second-order valence-corrected chi connectivity index (χ2v) is 2.14. The highest BCUT2D eigenvalue weighted by Gasteiger charge is 2.19. The first-order valence-electron chi connectivity index (χ1n) is 3.63. The quantitative estimate of drug-likeness (QED) is 0.410. The summed E-state index contributed by atoms with van der Waals surface area (Å²) >= 11 is 0. The van der Waals surface area contributed by atoms with Crippen molar-refractivity contribution in [2.45, 2.75) is 19.6 Å². The first-order valence-corrected chi connectivity index (χ1v) is 3.63. The van der Waals surface area contributed by atoms with E-state index in [1.807, 2.05) is 0 Å². The van der Waals surface area contributed by atoms with Crippen molar-refractivity contribution < 1.29 is 35.8 Å². The van der Waals surface area contributed by atoms with E-state index in [0.29, 0.717) is 0 Å². The lowest BCUT2D eigenvalue weighted by molar-refractivity contribution is -0.128. The fourth-order valence-corrected chi connectivity index (χ4v) is 0.511. The molecule has 0 spiro atoms. The smallest absolute Gasteiger partial charge is 0.342 e. The molecule has 0 aromatic carbocycles. The number of rotatable bonds is 5. The number of halogens is 6. The molecule has 0 aliphatic heterocycles. The van der Waals surface area contributed by atoms with Gasteiger partial charge in [-0.25, -0.2) is 0 Å². The number of hydrogen-bond acceptors (Lipinski definition) is 2. The molecule has 0 saturated carbocycles. The molecular formula is C7H6F6O2. The molecule has 2 nitrogen and oxygen atoms in total. The summed E-state index contributed by atoms with van der Waals surface area (Å²) in [5.41, 5.74) is 0. The second-order valence-electron chi connectivity index (χ2n) is 2.14. The van der Waals surface area contributed by atoms with Gasteiger partial charge in [-0.05, 0) is 0 Å². The van der Waals surface area contributed by atoms with E-state index in [4.69, 9.17) is 0 Å². The van der Waals surface area contributed by atoms with Gasteiger partial charge in [0, 0.05) is 6.42 Å². The lowest BCUT2D eigenvalue weighted by Gasteiger charge is -2.14. The maximum atomic E-state index is 12.1. The fraction of sp³-hybridized carbons (Fsp3) is 0.429. The van der Waals surface area contributed by atoms with Crippen LogP contribution in [0.1, 0.15) is 13.3 Å². The monoisotopic (exact) mass is 236 g/mol. The normalized spacial score (nSPS) is 9.87. The summed E-state index contributed by atoms with van der Waals surface area (Å²) in [5, 5.41) is 0. The van der Waals surface area contributed by atoms with Gasteiger partial charge in [0.1, 0.15) is 0 Å². The highest BCUT2D eigenvalue weighted by Crippen LogP contribution is 2.19. The van der Waals surface area contributed by atoms with Crippen LogP contribution in [-0.2, 0) is 9.47 Å². The molecule has 0 aromatic rings. The van der Waals surface area contributed by atoms with Crippen molar-refractivity contribution in [2.75, 3.05) is 0 Å². The van der Waals surface area contributed by atoms with Crippen LogP contribution in [0.25, 0.3) is 0 Å². The molecule has 0 saturated heterocycles. The summed E-state index contributed by atoms with van der Waals surface area (Å²) in [6, 6.07) is -4.59. The Morgan fingerprint density at radius 1 is 0.867 bits per heavy atom. The van der Waals surface area contributed by atoms with E-state index in [9.17, 15) is 26.3 Å². The highest BCUT2D eigenvalue weighted by molar-refractivity contribution is 4.84. The maximum Gasteiger partial charge on any atom is 0.342 e. The van der Waals surface area contributed by atoms with E-state index in [0.717, 1.165) is 0 Å². The van der Waals surface area contributed by atoms with E-state index in [2.05, 4.69) is 9.47 Å². The molecule has 0 N–H and O–H groups in total. The average molecular weight is 236 g/mol. The van der Waals surface area contributed by atoms with Gasteiger partial charge in [-0.1, -0.05) is 6.92 Å². The van der Waals surface area contributed by atoms with Crippen LogP contribution in [0, 0.1) is 0 Å². The number of hydrogen-bond donors (Lipinski definition) is 0. The Morgan fingerprint density at radius 3 is 1.40 bits per heavy atom. The Kier molecular flexibility index (Phi) is 5.65. The molecule has 88 valence electrons. The molecule has 0 unspecified atom stereocenters. The third-order valence-electron chi connectivity index (χ3n) is 1.10. The third-order valence-corrected chi connectivity index (χ3v) is 1.10. The number of ether oxygens (including phenoxy) is 2. The molecule has 0 radical (unpaired) electrons. The van der Waals surface area contributed by atoms with Crippen LogP contribution < -0.4 is 0 Å². The second kappa shape index (κ2) is 6.20. The highest BCUT2D eigenvalue weighted by atomic mass is 19.3. The van der Waals surface area contributed by atoms with Crippen LogP contribution in [0.15, 0.2) is 24.2 Å². The SMILES string of the molecule is CCC(OC(F)=C(F)F)OC(F)=C(F)F. The van der Waals surface area contributed by atoms with Gasteiger partial charge >= 0.3 is 24.2 Å². The topological polar surface area (TPSA) is 18.5 Å². The standard InChI is InChI=1S/C7H6F6O2/c1-2-3(14-6(12)4(8)9)15-7(13)5(10)11/h3H,2H2,1H3. The maximum absolute atomic E-state index is 12.1. The lowest BCUT2D eigenvalue weighted by Crippen LogP contribution is -2.14. The molecule has 15 heavy (non-hydrogen) atoms. The van der Waals surface area contributed by atoms with Crippen LogP contribution in [0.5, 0.6) is 0 Å². The van der Waals surface area contributed by atoms with Gasteiger partial charge in [-0.2, -0.15) is 26.3 Å². The van der Waals surface area contributed by atoms with E-state index in [1.165, 1.54) is 6.92 Å². The van der Waals surface area contributed by atoms with Crippen LogP contribution in [-0.4, -0.2) is 6.29 Å². The molecule has 8 heteroatoms. The first-order chi connectivity index (χ1) is 6.88. The summed E-state index contributed by atoms with van der Waals surface area (Å²) in [4.78, 5) is 0.